The third-order valence-electron chi connectivity index (χ3n) is 2.83. The number of carbonyl (C=O) groups is 1. The molecule has 1 N–H and O–H groups in total. The van der Waals surface area contributed by atoms with Crippen molar-refractivity contribution in [2.45, 2.75) is 6.54 Å². The Kier molecular flexibility index (Phi) is 4.40. The number of aromatic nitrogens is 4. The molecule has 0 aliphatic heterocycles. The van der Waals surface area contributed by atoms with Crippen LogP contribution in [0.15, 0.2) is 48.9 Å². The number of rotatable bonds is 6. The second kappa shape index (κ2) is 6.81. The molecule has 2 aromatic heterocycles. The molecule has 1 amide bonds. The Labute approximate surface area is 130 Å². The number of carbonyl (C=O) groups excluding carboxylic acids is 1. The maximum Gasteiger partial charge on any atom is 0.277 e. The quantitative estimate of drug-likeness (QED) is 0.753. The molecule has 3 rings (SSSR count). The van der Waals surface area contributed by atoms with Crippen molar-refractivity contribution in [1.29, 1.82) is 0 Å². The number of hydrogen-bond acceptors (Lipinski definition) is 6. The lowest BCUT2D eigenvalue weighted by Gasteiger charge is -2.08. The number of ether oxygens (including phenoxy) is 1. The van der Waals surface area contributed by atoms with E-state index in [4.69, 9.17) is 4.74 Å². The summed E-state index contributed by atoms with van der Waals surface area (Å²) >= 11 is 0.998. The molecule has 22 heavy (non-hydrogen) atoms. The number of nitrogens with one attached hydrogen (secondary N) is 1. The SMILES string of the molecule is O=C(Nc1cccc(OCCn2cccn2)c1)c1cnsn1. The van der Waals surface area contributed by atoms with Crippen LogP contribution in [0.25, 0.3) is 0 Å². The molecule has 0 spiro atoms. The minimum Gasteiger partial charge on any atom is -0.492 e. The molecule has 0 aliphatic carbocycles. The van der Waals surface area contributed by atoms with Gasteiger partial charge in [-0.15, -0.1) is 0 Å². The molecule has 0 bridgehead atoms. The van der Waals surface area contributed by atoms with E-state index in [1.54, 1.807) is 23.0 Å². The van der Waals surface area contributed by atoms with Crippen molar-refractivity contribution in [3.63, 3.8) is 0 Å². The van der Waals surface area contributed by atoms with Crippen LogP contribution in [0.2, 0.25) is 0 Å². The van der Waals surface area contributed by atoms with E-state index in [1.165, 1.54) is 6.20 Å². The van der Waals surface area contributed by atoms with Crippen LogP contribution in [0.4, 0.5) is 5.69 Å². The van der Waals surface area contributed by atoms with Gasteiger partial charge in [0.15, 0.2) is 5.69 Å². The van der Waals surface area contributed by atoms with E-state index in [0.717, 1.165) is 11.7 Å². The van der Waals surface area contributed by atoms with Gasteiger partial charge in [0.05, 0.1) is 24.5 Å². The maximum absolute atomic E-state index is 11.9. The average Bonchev–Trinajstić information content (AvgIpc) is 3.21. The van der Waals surface area contributed by atoms with Crippen LogP contribution in [0.5, 0.6) is 5.75 Å². The third-order valence-corrected chi connectivity index (χ3v) is 3.31. The maximum atomic E-state index is 11.9. The van der Waals surface area contributed by atoms with Gasteiger partial charge in [0.2, 0.25) is 0 Å². The first-order chi connectivity index (χ1) is 10.8. The highest BCUT2D eigenvalue weighted by Gasteiger charge is 2.09. The number of benzene rings is 1. The van der Waals surface area contributed by atoms with Gasteiger partial charge in [0.1, 0.15) is 12.4 Å². The smallest absolute Gasteiger partial charge is 0.277 e. The molecular formula is C14H13N5O2S. The first kappa shape index (κ1) is 14.2. The number of hydrogen-bond donors (Lipinski definition) is 1. The molecule has 7 nitrogen and oxygen atoms in total. The largest absolute Gasteiger partial charge is 0.492 e. The predicted molar refractivity (Wildman–Crippen MR) is 82.0 cm³/mol. The second-order valence-electron chi connectivity index (χ2n) is 4.39. The third kappa shape index (κ3) is 3.67. The summed E-state index contributed by atoms with van der Waals surface area (Å²) in [6, 6.07) is 9.07. The molecule has 112 valence electrons. The van der Waals surface area contributed by atoms with Gasteiger partial charge >= 0.3 is 0 Å². The van der Waals surface area contributed by atoms with Crippen LogP contribution >= 0.6 is 11.7 Å². The molecular weight excluding hydrogens is 302 g/mol. The highest BCUT2D eigenvalue weighted by Crippen LogP contribution is 2.18. The highest BCUT2D eigenvalue weighted by molar-refractivity contribution is 6.99. The average molecular weight is 315 g/mol. The van der Waals surface area contributed by atoms with Crippen molar-refractivity contribution in [3.8, 4) is 5.75 Å². The van der Waals surface area contributed by atoms with Gasteiger partial charge in [0, 0.05) is 24.1 Å². The summed E-state index contributed by atoms with van der Waals surface area (Å²) in [5.74, 6) is 0.392. The Bertz CT molecular complexity index is 728. The molecule has 8 heteroatoms. The van der Waals surface area contributed by atoms with Crippen molar-refractivity contribution in [1.82, 2.24) is 18.5 Å². The molecule has 0 unspecified atom stereocenters. The zero-order chi connectivity index (χ0) is 15.2. The van der Waals surface area contributed by atoms with E-state index in [1.807, 2.05) is 24.4 Å². The van der Waals surface area contributed by atoms with Crippen LogP contribution in [0, 0.1) is 0 Å². The summed E-state index contributed by atoms with van der Waals surface area (Å²) in [5, 5.41) is 6.86. The topological polar surface area (TPSA) is 81.9 Å². The molecule has 0 saturated heterocycles. The van der Waals surface area contributed by atoms with Gasteiger partial charge in [-0.1, -0.05) is 6.07 Å². The Hall–Kier alpha value is -2.74. The van der Waals surface area contributed by atoms with Gasteiger partial charge in [-0.3, -0.25) is 9.48 Å². The van der Waals surface area contributed by atoms with Crippen LogP contribution in [-0.4, -0.2) is 31.0 Å². The van der Waals surface area contributed by atoms with Gasteiger partial charge < -0.3 is 10.1 Å². The summed E-state index contributed by atoms with van der Waals surface area (Å²) in [6.45, 7) is 1.16. The molecule has 0 atom stereocenters. The fourth-order valence-electron chi connectivity index (χ4n) is 1.81. The minimum atomic E-state index is -0.289. The Morgan fingerprint density at radius 1 is 1.36 bits per heavy atom. The zero-order valence-electron chi connectivity index (χ0n) is 11.5. The lowest BCUT2D eigenvalue weighted by atomic mass is 10.3. The Morgan fingerprint density at radius 2 is 2.32 bits per heavy atom. The van der Waals surface area contributed by atoms with E-state index in [0.29, 0.717) is 30.3 Å². The van der Waals surface area contributed by atoms with Crippen molar-refractivity contribution in [2.75, 3.05) is 11.9 Å². The van der Waals surface area contributed by atoms with Crippen LogP contribution in [-0.2, 0) is 6.54 Å². The lowest BCUT2D eigenvalue weighted by Crippen LogP contribution is -2.12. The van der Waals surface area contributed by atoms with Crippen molar-refractivity contribution < 1.29 is 9.53 Å². The Balaban J connectivity index is 1.56. The summed E-state index contributed by atoms with van der Waals surface area (Å²) < 4.78 is 15.1. The van der Waals surface area contributed by atoms with Crippen molar-refractivity contribution in [2.24, 2.45) is 0 Å². The van der Waals surface area contributed by atoms with Crippen LogP contribution in [0.1, 0.15) is 10.5 Å². The van der Waals surface area contributed by atoms with E-state index in [2.05, 4.69) is 19.2 Å². The monoisotopic (exact) mass is 315 g/mol. The molecule has 3 aromatic rings. The fraction of sp³-hybridized carbons (Fsp3) is 0.143. The first-order valence-corrected chi connectivity index (χ1v) is 7.33. The van der Waals surface area contributed by atoms with Crippen LogP contribution < -0.4 is 10.1 Å². The number of nitrogens with zero attached hydrogens (tertiary/aromatic N) is 4. The molecule has 1 aromatic carbocycles. The molecule has 0 fully saturated rings. The summed E-state index contributed by atoms with van der Waals surface area (Å²) in [6.07, 6.45) is 5.04. The van der Waals surface area contributed by atoms with Crippen molar-refractivity contribution in [3.05, 3.63) is 54.6 Å². The highest BCUT2D eigenvalue weighted by atomic mass is 32.1. The fourth-order valence-corrected chi connectivity index (χ4v) is 2.23. The van der Waals surface area contributed by atoms with Gasteiger partial charge in [-0.25, -0.2) is 0 Å². The van der Waals surface area contributed by atoms with Crippen molar-refractivity contribution >= 4 is 23.3 Å². The molecule has 2 heterocycles. The standard InChI is InChI=1S/C14H13N5O2S/c20-14(13-10-16-22-18-13)17-11-3-1-4-12(9-11)21-8-7-19-6-2-5-15-19/h1-6,9-10H,7-8H2,(H,17,20). The van der Waals surface area contributed by atoms with E-state index >= 15 is 0 Å². The lowest BCUT2D eigenvalue weighted by molar-refractivity contribution is 0.102. The van der Waals surface area contributed by atoms with E-state index in [-0.39, 0.29) is 5.91 Å². The van der Waals surface area contributed by atoms with E-state index < -0.39 is 0 Å². The van der Waals surface area contributed by atoms with E-state index in [9.17, 15) is 4.79 Å². The molecule has 0 radical (unpaired) electrons. The van der Waals surface area contributed by atoms with Gasteiger partial charge in [0.25, 0.3) is 5.91 Å². The summed E-state index contributed by atoms with van der Waals surface area (Å²) in [4.78, 5) is 11.9. The molecule has 0 aliphatic rings. The van der Waals surface area contributed by atoms with Gasteiger partial charge in [-0.2, -0.15) is 13.8 Å². The molecule has 0 saturated carbocycles. The van der Waals surface area contributed by atoms with Gasteiger partial charge in [-0.05, 0) is 18.2 Å². The Morgan fingerprint density at radius 3 is 3.09 bits per heavy atom. The summed E-state index contributed by atoms with van der Waals surface area (Å²) in [5.41, 5.74) is 0.949. The zero-order valence-corrected chi connectivity index (χ0v) is 12.4. The number of amides is 1. The number of anilines is 1. The second-order valence-corrected chi connectivity index (χ2v) is 4.95. The first-order valence-electron chi connectivity index (χ1n) is 6.60. The minimum absolute atomic E-state index is 0.289. The normalized spacial score (nSPS) is 10.4. The summed E-state index contributed by atoms with van der Waals surface area (Å²) in [7, 11) is 0. The predicted octanol–water partition coefficient (Wildman–Crippen LogP) is 2.07. The van der Waals surface area contributed by atoms with Crippen LogP contribution in [0.3, 0.4) is 0 Å².